The van der Waals surface area contributed by atoms with Crippen LogP contribution in [0.1, 0.15) is 28.8 Å². The molecule has 0 amide bonds. The Balaban J connectivity index is 2.08. The maximum atomic E-state index is 8.78. The third kappa shape index (κ3) is 3.17. The van der Waals surface area contributed by atoms with Gasteiger partial charge in [0.25, 0.3) is 0 Å². The SMILES string of the molecule is Cc1ccc(C)c(Cn2cc(CCCO)nn2)c1. The van der Waals surface area contributed by atoms with E-state index in [0.29, 0.717) is 0 Å². The fraction of sp³-hybridized carbons (Fsp3) is 0.429. The first-order chi connectivity index (χ1) is 8.69. The highest BCUT2D eigenvalue weighted by Crippen LogP contribution is 2.12. The highest BCUT2D eigenvalue weighted by molar-refractivity contribution is 5.30. The molecule has 0 saturated heterocycles. The number of aliphatic hydroxyl groups is 1. The lowest BCUT2D eigenvalue weighted by Gasteiger charge is -2.06. The number of benzene rings is 1. The van der Waals surface area contributed by atoms with E-state index in [1.807, 2.05) is 10.9 Å². The molecule has 2 rings (SSSR count). The van der Waals surface area contributed by atoms with E-state index < -0.39 is 0 Å². The van der Waals surface area contributed by atoms with E-state index in [2.05, 4.69) is 42.4 Å². The van der Waals surface area contributed by atoms with Crippen LogP contribution in [0.3, 0.4) is 0 Å². The van der Waals surface area contributed by atoms with Gasteiger partial charge in [-0.05, 0) is 37.8 Å². The summed E-state index contributed by atoms with van der Waals surface area (Å²) < 4.78 is 1.86. The largest absolute Gasteiger partial charge is 0.396 e. The molecule has 4 nitrogen and oxygen atoms in total. The average molecular weight is 245 g/mol. The van der Waals surface area contributed by atoms with Crippen molar-refractivity contribution in [2.75, 3.05) is 6.61 Å². The second-order valence-electron chi connectivity index (χ2n) is 4.66. The molecule has 18 heavy (non-hydrogen) atoms. The van der Waals surface area contributed by atoms with Crippen LogP contribution < -0.4 is 0 Å². The zero-order valence-corrected chi connectivity index (χ0v) is 10.9. The standard InChI is InChI=1S/C14H19N3O/c1-11-5-6-12(2)13(8-11)9-17-10-14(15-16-17)4-3-7-18/h5-6,8,10,18H,3-4,7,9H2,1-2H3. The molecule has 0 aliphatic heterocycles. The van der Waals surface area contributed by atoms with Crippen molar-refractivity contribution in [3.8, 4) is 0 Å². The highest BCUT2D eigenvalue weighted by atomic mass is 16.2. The normalized spacial score (nSPS) is 10.8. The highest BCUT2D eigenvalue weighted by Gasteiger charge is 2.04. The molecule has 4 heteroatoms. The quantitative estimate of drug-likeness (QED) is 0.875. The number of hydrogen-bond acceptors (Lipinski definition) is 3. The molecule has 0 unspecified atom stereocenters. The summed E-state index contributed by atoms with van der Waals surface area (Å²) in [5.74, 6) is 0. The van der Waals surface area contributed by atoms with Crippen LogP contribution in [-0.4, -0.2) is 26.7 Å². The van der Waals surface area contributed by atoms with Crippen LogP contribution in [0.5, 0.6) is 0 Å². The molecule has 0 atom stereocenters. The third-order valence-corrected chi connectivity index (χ3v) is 3.01. The Morgan fingerprint density at radius 2 is 2.11 bits per heavy atom. The topological polar surface area (TPSA) is 50.9 Å². The first kappa shape index (κ1) is 12.8. The Bertz CT molecular complexity index is 520. The molecule has 1 aromatic carbocycles. The lowest BCUT2D eigenvalue weighted by atomic mass is 10.1. The Hall–Kier alpha value is -1.68. The molecule has 0 fully saturated rings. The van der Waals surface area contributed by atoms with E-state index in [-0.39, 0.29) is 6.61 Å². The van der Waals surface area contributed by atoms with E-state index in [1.165, 1.54) is 16.7 Å². The van der Waals surface area contributed by atoms with Crippen molar-refractivity contribution in [3.63, 3.8) is 0 Å². The summed E-state index contributed by atoms with van der Waals surface area (Å²) >= 11 is 0. The molecular formula is C14H19N3O. The van der Waals surface area contributed by atoms with Crippen LogP contribution in [0.4, 0.5) is 0 Å². The maximum Gasteiger partial charge on any atom is 0.0828 e. The van der Waals surface area contributed by atoms with Crippen molar-refractivity contribution in [1.82, 2.24) is 15.0 Å². The second-order valence-corrected chi connectivity index (χ2v) is 4.66. The minimum atomic E-state index is 0.198. The molecule has 96 valence electrons. The number of aromatic nitrogens is 3. The average Bonchev–Trinajstić information content (AvgIpc) is 2.79. The predicted molar refractivity (Wildman–Crippen MR) is 70.4 cm³/mol. The first-order valence-electron chi connectivity index (χ1n) is 6.25. The van der Waals surface area contributed by atoms with Crippen molar-refractivity contribution in [2.24, 2.45) is 0 Å². The maximum absolute atomic E-state index is 8.78. The zero-order chi connectivity index (χ0) is 13.0. The van der Waals surface area contributed by atoms with Crippen LogP contribution >= 0.6 is 0 Å². The lowest BCUT2D eigenvalue weighted by molar-refractivity contribution is 0.288. The molecule has 0 spiro atoms. The Morgan fingerprint density at radius 1 is 1.28 bits per heavy atom. The monoisotopic (exact) mass is 245 g/mol. The van der Waals surface area contributed by atoms with Crippen molar-refractivity contribution in [3.05, 3.63) is 46.8 Å². The van der Waals surface area contributed by atoms with Crippen LogP contribution in [0, 0.1) is 13.8 Å². The summed E-state index contributed by atoms with van der Waals surface area (Å²) in [4.78, 5) is 0. The van der Waals surface area contributed by atoms with E-state index in [1.54, 1.807) is 0 Å². The van der Waals surface area contributed by atoms with Gasteiger partial charge in [0.15, 0.2) is 0 Å². The summed E-state index contributed by atoms with van der Waals surface area (Å²) in [6, 6.07) is 6.44. The summed E-state index contributed by atoms with van der Waals surface area (Å²) in [6.07, 6.45) is 3.48. The van der Waals surface area contributed by atoms with Crippen LogP contribution in [0.25, 0.3) is 0 Å². The van der Waals surface area contributed by atoms with Crippen molar-refractivity contribution in [2.45, 2.75) is 33.2 Å². The van der Waals surface area contributed by atoms with Gasteiger partial charge in [-0.15, -0.1) is 5.10 Å². The van der Waals surface area contributed by atoms with Gasteiger partial charge < -0.3 is 5.11 Å². The molecule has 1 aromatic heterocycles. The fourth-order valence-electron chi connectivity index (χ4n) is 1.94. The zero-order valence-electron chi connectivity index (χ0n) is 10.9. The van der Waals surface area contributed by atoms with Gasteiger partial charge in [0.2, 0.25) is 0 Å². The Labute approximate surface area is 107 Å². The molecule has 0 aliphatic carbocycles. The molecule has 1 N–H and O–H groups in total. The Morgan fingerprint density at radius 3 is 2.89 bits per heavy atom. The van der Waals surface area contributed by atoms with Gasteiger partial charge >= 0.3 is 0 Å². The van der Waals surface area contributed by atoms with Gasteiger partial charge in [-0.1, -0.05) is 29.0 Å². The number of nitrogens with zero attached hydrogens (tertiary/aromatic N) is 3. The number of aliphatic hydroxyl groups excluding tert-OH is 1. The van der Waals surface area contributed by atoms with Crippen LogP contribution in [0.15, 0.2) is 24.4 Å². The molecule has 0 radical (unpaired) electrons. The first-order valence-corrected chi connectivity index (χ1v) is 6.25. The minimum absolute atomic E-state index is 0.198. The van der Waals surface area contributed by atoms with Gasteiger partial charge in [-0.2, -0.15) is 0 Å². The smallest absolute Gasteiger partial charge is 0.0828 e. The van der Waals surface area contributed by atoms with E-state index >= 15 is 0 Å². The predicted octanol–water partition coefficient (Wildman–Crippen LogP) is 1.87. The van der Waals surface area contributed by atoms with Crippen molar-refractivity contribution >= 4 is 0 Å². The van der Waals surface area contributed by atoms with E-state index in [9.17, 15) is 0 Å². The summed E-state index contributed by atoms with van der Waals surface area (Å²) in [7, 11) is 0. The van der Waals surface area contributed by atoms with Gasteiger partial charge in [0.1, 0.15) is 0 Å². The van der Waals surface area contributed by atoms with Gasteiger partial charge in [-0.25, -0.2) is 4.68 Å². The molecular weight excluding hydrogens is 226 g/mol. The van der Waals surface area contributed by atoms with E-state index in [4.69, 9.17) is 5.11 Å². The molecule has 0 saturated carbocycles. The minimum Gasteiger partial charge on any atom is -0.396 e. The molecule has 0 aliphatic rings. The van der Waals surface area contributed by atoms with Crippen molar-refractivity contribution < 1.29 is 5.11 Å². The fourth-order valence-corrected chi connectivity index (χ4v) is 1.94. The third-order valence-electron chi connectivity index (χ3n) is 3.01. The lowest BCUT2D eigenvalue weighted by Crippen LogP contribution is -2.02. The van der Waals surface area contributed by atoms with Gasteiger partial charge in [-0.3, -0.25) is 0 Å². The Kier molecular flexibility index (Phi) is 4.10. The van der Waals surface area contributed by atoms with Crippen LogP contribution in [0.2, 0.25) is 0 Å². The van der Waals surface area contributed by atoms with Gasteiger partial charge in [0.05, 0.1) is 12.2 Å². The molecule has 2 aromatic rings. The summed E-state index contributed by atoms with van der Waals surface area (Å²) in [6.45, 7) is 5.15. The van der Waals surface area contributed by atoms with E-state index in [0.717, 1.165) is 25.1 Å². The number of aryl methyl sites for hydroxylation is 3. The second kappa shape index (κ2) is 5.78. The van der Waals surface area contributed by atoms with Gasteiger partial charge in [0, 0.05) is 12.8 Å². The molecule has 0 bridgehead atoms. The number of rotatable bonds is 5. The molecule has 1 heterocycles. The summed E-state index contributed by atoms with van der Waals surface area (Å²) in [5.41, 5.74) is 4.74. The van der Waals surface area contributed by atoms with Crippen molar-refractivity contribution in [1.29, 1.82) is 0 Å². The van der Waals surface area contributed by atoms with Crippen LogP contribution in [-0.2, 0) is 13.0 Å². The number of hydrogen-bond donors (Lipinski definition) is 1. The summed E-state index contributed by atoms with van der Waals surface area (Å²) in [5, 5.41) is 17.0.